The van der Waals surface area contributed by atoms with Gasteiger partial charge in [-0.2, -0.15) is 10.2 Å². The molecule has 1 fully saturated rings. The summed E-state index contributed by atoms with van der Waals surface area (Å²) >= 11 is 0. The van der Waals surface area contributed by atoms with Crippen LogP contribution < -0.4 is 5.32 Å². The van der Waals surface area contributed by atoms with Crippen molar-refractivity contribution in [3.05, 3.63) is 61.4 Å². The van der Waals surface area contributed by atoms with E-state index in [0.717, 1.165) is 47.1 Å². The Morgan fingerprint density at radius 3 is 2.52 bits per heavy atom. The summed E-state index contributed by atoms with van der Waals surface area (Å²) in [6.45, 7) is 0.827. The molecule has 0 saturated heterocycles. The van der Waals surface area contributed by atoms with Gasteiger partial charge in [0.05, 0.1) is 25.0 Å². The predicted molar refractivity (Wildman–Crippen MR) is 127 cm³/mol. The highest BCUT2D eigenvalue weighted by Gasteiger charge is 2.23. The van der Waals surface area contributed by atoms with Crippen molar-refractivity contribution < 1.29 is 5.11 Å². The largest absolute Gasteiger partial charge is 0.395 e. The lowest BCUT2D eigenvalue weighted by molar-refractivity contribution is 0.241. The maximum Gasteiger partial charge on any atom is 0.159 e. The van der Waals surface area contributed by atoms with Crippen LogP contribution in [0.15, 0.2) is 61.4 Å². The van der Waals surface area contributed by atoms with Gasteiger partial charge < -0.3 is 10.4 Å². The van der Waals surface area contributed by atoms with Crippen LogP contribution in [0.5, 0.6) is 0 Å². The number of aryl methyl sites for hydroxylation is 1. The van der Waals surface area contributed by atoms with Gasteiger partial charge in [-0.05, 0) is 37.3 Å². The molecule has 170 valence electrons. The van der Waals surface area contributed by atoms with Crippen molar-refractivity contribution in [2.45, 2.75) is 37.8 Å². The predicted octanol–water partition coefficient (Wildman–Crippen LogP) is 3.47. The van der Waals surface area contributed by atoms with Crippen LogP contribution in [-0.4, -0.2) is 53.8 Å². The summed E-state index contributed by atoms with van der Waals surface area (Å²) in [4.78, 5) is 9.26. The fourth-order valence-electron chi connectivity index (χ4n) is 4.58. The van der Waals surface area contributed by atoms with Gasteiger partial charge in [-0.15, -0.1) is 0 Å². The topological polar surface area (TPSA) is 93.7 Å². The van der Waals surface area contributed by atoms with E-state index in [0.29, 0.717) is 24.5 Å². The van der Waals surface area contributed by atoms with Gasteiger partial charge >= 0.3 is 0 Å². The molecule has 4 aromatic rings. The zero-order chi connectivity index (χ0) is 22.6. The molecule has 33 heavy (non-hydrogen) atoms. The molecule has 3 aromatic heterocycles. The Labute approximate surface area is 193 Å². The molecule has 2 unspecified atom stereocenters. The van der Waals surface area contributed by atoms with Gasteiger partial charge in [0.2, 0.25) is 0 Å². The summed E-state index contributed by atoms with van der Waals surface area (Å²) in [6.07, 6.45) is 16.1. The molecule has 2 atom stereocenters. The first kappa shape index (κ1) is 21.5. The first-order chi connectivity index (χ1) is 16.2. The number of hydrogen-bond acceptors (Lipinski definition) is 6. The third-order valence-corrected chi connectivity index (χ3v) is 6.31. The van der Waals surface area contributed by atoms with Gasteiger partial charge in [0, 0.05) is 66.7 Å². The van der Waals surface area contributed by atoms with Crippen molar-refractivity contribution in [1.82, 2.24) is 34.8 Å². The average molecular weight is 444 g/mol. The van der Waals surface area contributed by atoms with E-state index in [-0.39, 0.29) is 6.61 Å². The summed E-state index contributed by atoms with van der Waals surface area (Å²) in [5.74, 6) is 0.696. The Kier molecular flexibility index (Phi) is 6.28. The lowest BCUT2D eigenvalue weighted by Crippen LogP contribution is -2.36. The van der Waals surface area contributed by atoms with Gasteiger partial charge in [-0.1, -0.05) is 18.2 Å². The van der Waals surface area contributed by atoms with E-state index in [1.165, 1.54) is 6.42 Å². The molecule has 1 aliphatic carbocycles. The Hall–Kier alpha value is -3.36. The van der Waals surface area contributed by atoms with Gasteiger partial charge in [0.25, 0.3) is 0 Å². The average Bonchev–Trinajstić information content (AvgIpc) is 3.53. The Balaban J connectivity index is 1.30. The summed E-state index contributed by atoms with van der Waals surface area (Å²) in [5.41, 5.74) is 5.12. The van der Waals surface area contributed by atoms with Gasteiger partial charge in [-0.3, -0.25) is 9.36 Å². The van der Waals surface area contributed by atoms with E-state index in [9.17, 15) is 0 Å². The summed E-state index contributed by atoms with van der Waals surface area (Å²) in [7, 11) is 1.91. The SMILES string of the molecule is Cn1cc(-c2cccc(-c3ncc(-c4cnn(C5CCCC(NCCO)C5)c4)cn3)c2)cn1. The quantitative estimate of drug-likeness (QED) is 0.454. The van der Waals surface area contributed by atoms with E-state index in [1.54, 1.807) is 4.68 Å². The van der Waals surface area contributed by atoms with Crippen molar-refractivity contribution in [3.63, 3.8) is 0 Å². The van der Waals surface area contributed by atoms with E-state index >= 15 is 0 Å². The minimum Gasteiger partial charge on any atom is -0.395 e. The normalized spacial score (nSPS) is 18.5. The molecule has 3 heterocycles. The number of aliphatic hydroxyl groups is 1. The smallest absolute Gasteiger partial charge is 0.159 e. The summed E-state index contributed by atoms with van der Waals surface area (Å²) < 4.78 is 3.87. The molecule has 0 spiro atoms. The fraction of sp³-hybridized carbons (Fsp3) is 0.360. The second-order valence-corrected chi connectivity index (χ2v) is 8.68. The number of hydrogen-bond donors (Lipinski definition) is 2. The summed E-state index contributed by atoms with van der Waals surface area (Å²) in [6, 6.07) is 9.02. The number of aromatic nitrogens is 6. The van der Waals surface area contributed by atoms with E-state index < -0.39 is 0 Å². The molecule has 8 heteroatoms. The number of aliphatic hydroxyl groups excluding tert-OH is 1. The molecular weight excluding hydrogens is 414 g/mol. The maximum atomic E-state index is 9.07. The monoisotopic (exact) mass is 443 g/mol. The molecule has 0 radical (unpaired) electrons. The Morgan fingerprint density at radius 1 is 0.939 bits per heavy atom. The highest BCUT2D eigenvalue weighted by Crippen LogP contribution is 2.30. The van der Waals surface area contributed by atoms with Crippen LogP contribution in [0.2, 0.25) is 0 Å². The highest BCUT2D eigenvalue weighted by atomic mass is 16.3. The van der Waals surface area contributed by atoms with Crippen LogP contribution in [-0.2, 0) is 7.05 Å². The molecule has 1 aromatic carbocycles. The second kappa shape index (κ2) is 9.64. The molecule has 5 rings (SSSR count). The van der Waals surface area contributed by atoms with E-state index in [2.05, 4.69) is 48.5 Å². The molecule has 2 N–H and O–H groups in total. The zero-order valence-electron chi connectivity index (χ0n) is 18.8. The number of nitrogens with zero attached hydrogens (tertiary/aromatic N) is 6. The minimum absolute atomic E-state index is 0.177. The summed E-state index contributed by atoms with van der Waals surface area (Å²) in [5, 5.41) is 21.4. The van der Waals surface area contributed by atoms with Crippen molar-refractivity contribution in [2.75, 3.05) is 13.2 Å². The van der Waals surface area contributed by atoms with Crippen LogP contribution in [0.4, 0.5) is 0 Å². The standard InChI is InChI=1S/C25H29N7O/c1-31-16-21(14-29-31)18-4-2-5-19(10-18)25-27-12-20(13-28-25)22-15-30-32(17-22)24-7-3-6-23(11-24)26-8-9-33/h2,4-5,10,12-17,23-24,26,33H,3,6-9,11H2,1H3. The van der Waals surface area contributed by atoms with Gasteiger partial charge in [-0.25, -0.2) is 9.97 Å². The zero-order valence-corrected chi connectivity index (χ0v) is 18.8. The van der Waals surface area contributed by atoms with Gasteiger partial charge in [0.1, 0.15) is 0 Å². The molecule has 0 bridgehead atoms. The Morgan fingerprint density at radius 2 is 1.73 bits per heavy atom. The van der Waals surface area contributed by atoms with Crippen LogP contribution in [0, 0.1) is 0 Å². The third kappa shape index (κ3) is 4.86. The molecule has 0 amide bonds. The molecule has 1 saturated carbocycles. The lowest BCUT2D eigenvalue weighted by atomic mass is 9.91. The molecular formula is C25H29N7O. The van der Waals surface area contributed by atoms with E-state index in [4.69, 9.17) is 5.11 Å². The van der Waals surface area contributed by atoms with E-state index in [1.807, 2.05) is 50.2 Å². The fourth-order valence-corrected chi connectivity index (χ4v) is 4.58. The van der Waals surface area contributed by atoms with Crippen LogP contribution >= 0.6 is 0 Å². The minimum atomic E-state index is 0.177. The first-order valence-electron chi connectivity index (χ1n) is 11.5. The van der Waals surface area contributed by atoms with Crippen molar-refractivity contribution in [3.8, 4) is 33.6 Å². The molecule has 1 aliphatic rings. The van der Waals surface area contributed by atoms with Crippen molar-refractivity contribution in [1.29, 1.82) is 0 Å². The number of rotatable bonds is 7. The van der Waals surface area contributed by atoms with Crippen LogP contribution in [0.25, 0.3) is 33.6 Å². The first-order valence-corrected chi connectivity index (χ1v) is 11.5. The Bertz CT molecular complexity index is 1200. The third-order valence-electron chi connectivity index (χ3n) is 6.31. The molecule has 8 nitrogen and oxygen atoms in total. The van der Waals surface area contributed by atoms with Crippen molar-refractivity contribution in [2.24, 2.45) is 7.05 Å². The van der Waals surface area contributed by atoms with Crippen LogP contribution in [0.1, 0.15) is 31.7 Å². The number of nitrogens with one attached hydrogen (secondary N) is 1. The molecule has 0 aliphatic heterocycles. The lowest BCUT2D eigenvalue weighted by Gasteiger charge is -2.30. The highest BCUT2D eigenvalue weighted by molar-refractivity contribution is 5.70. The van der Waals surface area contributed by atoms with Gasteiger partial charge in [0.15, 0.2) is 5.82 Å². The second-order valence-electron chi connectivity index (χ2n) is 8.68. The number of benzene rings is 1. The van der Waals surface area contributed by atoms with Crippen molar-refractivity contribution >= 4 is 0 Å². The maximum absolute atomic E-state index is 9.07. The van der Waals surface area contributed by atoms with Crippen LogP contribution in [0.3, 0.4) is 0 Å².